The molecule has 0 N–H and O–H groups in total. The molecule has 27 heavy (non-hydrogen) atoms. The molecule has 1 atom stereocenters. The predicted molar refractivity (Wildman–Crippen MR) is 110 cm³/mol. The summed E-state index contributed by atoms with van der Waals surface area (Å²) >= 11 is 0. The van der Waals surface area contributed by atoms with E-state index in [0.29, 0.717) is 12.1 Å². The molecular weight excluding hydrogens is 336 g/mol. The van der Waals surface area contributed by atoms with Crippen molar-refractivity contribution in [2.75, 3.05) is 45.8 Å². The highest BCUT2D eigenvalue weighted by Crippen LogP contribution is 2.28. The van der Waals surface area contributed by atoms with Crippen LogP contribution in [-0.2, 0) is 0 Å². The van der Waals surface area contributed by atoms with Crippen molar-refractivity contribution < 1.29 is 4.79 Å². The van der Waals surface area contributed by atoms with Crippen molar-refractivity contribution in [3.05, 3.63) is 36.0 Å². The number of rotatable bonds is 4. The van der Waals surface area contributed by atoms with Gasteiger partial charge >= 0.3 is 0 Å². The van der Waals surface area contributed by atoms with Crippen LogP contribution in [0, 0.1) is 0 Å². The Morgan fingerprint density at radius 3 is 2.56 bits per heavy atom. The molecule has 1 aromatic carbocycles. The molecule has 0 radical (unpaired) electrons. The zero-order valence-electron chi connectivity index (χ0n) is 16.9. The number of likely N-dealkylation sites (tertiary alicyclic amines) is 1. The first-order chi connectivity index (χ1) is 13.1. The smallest absolute Gasteiger partial charge is 0.253 e. The SMILES string of the molecule is CCN1CCC(n2ccc3cc(C(=O)N4CCN(C(C)C)CC4)ccc32)C1. The maximum absolute atomic E-state index is 13.0. The van der Waals surface area contributed by atoms with E-state index >= 15 is 0 Å². The maximum atomic E-state index is 13.0. The van der Waals surface area contributed by atoms with Crippen LogP contribution in [0.15, 0.2) is 30.5 Å². The highest BCUT2D eigenvalue weighted by atomic mass is 16.2. The summed E-state index contributed by atoms with van der Waals surface area (Å²) in [6.45, 7) is 13.7. The number of fused-ring (bicyclic) bond motifs is 1. The molecule has 2 aromatic rings. The molecule has 2 fully saturated rings. The normalized spacial score (nSPS) is 22.2. The molecule has 0 saturated carbocycles. The monoisotopic (exact) mass is 368 g/mol. The lowest BCUT2D eigenvalue weighted by Crippen LogP contribution is -2.50. The molecule has 3 heterocycles. The Bertz CT molecular complexity index is 804. The van der Waals surface area contributed by atoms with Gasteiger partial charge in [-0.2, -0.15) is 0 Å². The molecule has 1 amide bonds. The summed E-state index contributed by atoms with van der Waals surface area (Å²) in [5, 5.41) is 1.18. The van der Waals surface area contributed by atoms with Crippen molar-refractivity contribution in [2.45, 2.75) is 39.3 Å². The van der Waals surface area contributed by atoms with E-state index in [0.717, 1.165) is 44.8 Å². The van der Waals surface area contributed by atoms with Crippen molar-refractivity contribution in [1.82, 2.24) is 19.3 Å². The Kier molecular flexibility index (Phi) is 5.24. The second kappa shape index (κ2) is 7.64. The molecule has 5 heteroatoms. The number of carbonyl (C=O) groups excluding carboxylic acids is 1. The van der Waals surface area contributed by atoms with Gasteiger partial charge in [0.1, 0.15) is 0 Å². The van der Waals surface area contributed by atoms with Gasteiger partial charge in [0.05, 0.1) is 0 Å². The molecule has 0 bridgehead atoms. The van der Waals surface area contributed by atoms with Gasteiger partial charge in [-0.05, 0) is 51.1 Å². The minimum atomic E-state index is 0.172. The molecule has 0 spiro atoms. The Balaban J connectivity index is 1.49. The van der Waals surface area contributed by atoms with Gasteiger partial charge in [0.15, 0.2) is 0 Å². The largest absolute Gasteiger partial charge is 0.343 e. The lowest BCUT2D eigenvalue weighted by Gasteiger charge is -2.37. The molecule has 2 saturated heterocycles. The summed E-state index contributed by atoms with van der Waals surface area (Å²) in [7, 11) is 0. The number of aromatic nitrogens is 1. The zero-order valence-corrected chi connectivity index (χ0v) is 16.9. The topological polar surface area (TPSA) is 31.7 Å². The van der Waals surface area contributed by atoms with E-state index in [1.807, 2.05) is 11.0 Å². The second-order valence-corrected chi connectivity index (χ2v) is 8.25. The van der Waals surface area contributed by atoms with Crippen LogP contribution >= 0.6 is 0 Å². The van der Waals surface area contributed by atoms with E-state index in [4.69, 9.17) is 0 Å². The Morgan fingerprint density at radius 2 is 1.89 bits per heavy atom. The number of nitrogens with zero attached hydrogens (tertiary/aromatic N) is 4. The third-order valence-electron chi connectivity index (χ3n) is 6.39. The molecule has 146 valence electrons. The Morgan fingerprint density at radius 1 is 1.11 bits per heavy atom. The number of benzene rings is 1. The van der Waals surface area contributed by atoms with Crippen LogP contribution in [0.3, 0.4) is 0 Å². The van der Waals surface area contributed by atoms with Crippen molar-refractivity contribution in [2.24, 2.45) is 0 Å². The van der Waals surface area contributed by atoms with Crippen molar-refractivity contribution in [3.63, 3.8) is 0 Å². The fraction of sp³-hybridized carbons (Fsp3) is 0.591. The highest BCUT2D eigenvalue weighted by molar-refractivity contribution is 5.98. The van der Waals surface area contributed by atoms with E-state index in [1.54, 1.807) is 0 Å². The van der Waals surface area contributed by atoms with Crippen LogP contribution in [0.2, 0.25) is 0 Å². The summed E-state index contributed by atoms with van der Waals surface area (Å²) in [6, 6.07) is 9.50. The summed E-state index contributed by atoms with van der Waals surface area (Å²) in [5.41, 5.74) is 2.07. The molecule has 2 aliphatic rings. The van der Waals surface area contributed by atoms with E-state index in [1.165, 1.54) is 23.9 Å². The zero-order chi connectivity index (χ0) is 19.0. The summed E-state index contributed by atoms with van der Waals surface area (Å²) < 4.78 is 2.40. The van der Waals surface area contributed by atoms with E-state index in [2.05, 4.69) is 59.5 Å². The second-order valence-electron chi connectivity index (χ2n) is 8.25. The molecule has 1 aromatic heterocycles. The van der Waals surface area contributed by atoms with Crippen LogP contribution in [0.25, 0.3) is 10.9 Å². The number of likely N-dealkylation sites (N-methyl/N-ethyl adjacent to an activating group) is 1. The van der Waals surface area contributed by atoms with Crippen LogP contribution < -0.4 is 0 Å². The van der Waals surface area contributed by atoms with Crippen molar-refractivity contribution >= 4 is 16.8 Å². The third-order valence-corrected chi connectivity index (χ3v) is 6.39. The van der Waals surface area contributed by atoms with Gasteiger partial charge in [0.2, 0.25) is 0 Å². The van der Waals surface area contributed by atoms with E-state index in [9.17, 15) is 4.79 Å². The first-order valence-corrected chi connectivity index (χ1v) is 10.4. The predicted octanol–water partition coefficient (Wildman–Crippen LogP) is 3.07. The van der Waals surface area contributed by atoms with E-state index < -0.39 is 0 Å². The molecular formula is C22H32N4O. The average molecular weight is 369 g/mol. The maximum Gasteiger partial charge on any atom is 0.253 e. The van der Waals surface area contributed by atoms with Crippen LogP contribution in [-0.4, -0.2) is 77.0 Å². The molecule has 1 unspecified atom stereocenters. The van der Waals surface area contributed by atoms with Gasteiger partial charge in [0.25, 0.3) is 5.91 Å². The average Bonchev–Trinajstić information content (AvgIpc) is 3.33. The fourth-order valence-corrected chi connectivity index (χ4v) is 4.57. The van der Waals surface area contributed by atoms with Crippen LogP contribution in [0.1, 0.15) is 43.6 Å². The van der Waals surface area contributed by atoms with Gasteiger partial charge in [-0.25, -0.2) is 0 Å². The van der Waals surface area contributed by atoms with Crippen molar-refractivity contribution in [3.8, 4) is 0 Å². The number of hydrogen-bond donors (Lipinski definition) is 0. The minimum absolute atomic E-state index is 0.172. The summed E-state index contributed by atoms with van der Waals surface area (Å²) in [4.78, 5) is 19.9. The Hall–Kier alpha value is -1.85. The number of carbonyl (C=O) groups is 1. The summed E-state index contributed by atoms with van der Waals surface area (Å²) in [5.74, 6) is 0.172. The molecule has 5 nitrogen and oxygen atoms in total. The first kappa shape index (κ1) is 18.5. The minimum Gasteiger partial charge on any atom is -0.343 e. The number of hydrogen-bond acceptors (Lipinski definition) is 3. The highest BCUT2D eigenvalue weighted by Gasteiger charge is 2.25. The molecule has 2 aliphatic heterocycles. The van der Waals surface area contributed by atoms with Gasteiger partial charge in [-0.1, -0.05) is 6.92 Å². The van der Waals surface area contributed by atoms with Gasteiger partial charge in [0, 0.05) is 74.0 Å². The quantitative estimate of drug-likeness (QED) is 0.831. The molecule has 4 rings (SSSR count). The van der Waals surface area contributed by atoms with Crippen LogP contribution in [0.4, 0.5) is 0 Å². The van der Waals surface area contributed by atoms with E-state index in [-0.39, 0.29) is 5.91 Å². The standard InChI is InChI=1S/C22H32N4O/c1-4-23-9-8-20(16-23)26-10-7-18-15-19(5-6-21(18)26)22(27)25-13-11-24(12-14-25)17(2)3/h5-7,10,15,17,20H,4,8-9,11-14,16H2,1-3H3. The number of piperazine rings is 1. The summed E-state index contributed by atoms with van der Waals surface area (Å²) in [6.07, 6.45) is 3.41. The number of amides is 1. The third kappa shape index (κ3) is 3.63. The van der Waals surface area contributed by atoms with Gasteiger partial charge in [-0.15, -0.1) is 0 Å². The fourth-order valence-electron chi connectivity index (χ4n) is 4.57. The van der Waals surface area contributed by atoms with Gasteiger partial charge < -0.3 is 14.4 Å². The van der Waals surface area contributed by atoms with Crippen LogP contribution in [0.5, 0.6) is 0 Å². The lowest BCUT2D eigenvalue weighted by molar-refractivity contribution is 0.0595. The van der Waals surface area contributed by atoms with Gasteiger partial charge in [-0.3, -0.25) is 9.69 Å². The Labute approximate surface area is 162 Å². The molecule has 0 aliphatic carbocycles. The van der Waals surface area contributed by atoms with Crippen molar-refractivity contribution in [1.29, 1.82) is 0 Å². The first-order valence-electron chi connectivity index (χ1n) is 10.4. The lowest BCUT2D eigenvalue weighted by atomic mass is 10.1.